The van der Waals surface area contributed by atoms with Crippen molar-refractivity contribution in [2.24, 2.45) is 5.92 Å². The lowest BCUT2D eigenvalue weighted by Gasteiger charge is -2.07. The van der Waals surface area contributed by atoms with Gasteiger partial charge in [-0.2, -0.15) is 0 Å². The molecule has 2 heterocycles. The van der Waals surface area contributed by atoms with Gasteiger partial charge in [0.25, 0.3) is 0 Å². The van der Waals surface area contributed by atoms with Crippen LogP contribution in [-0.4, -0.2) is 15.0 Å². The minimum absolute atomic E-state index is 0.414. The smallest absolute Gasteiger partial charge is 0.181 e. The van der Waals surface area contributed by atoms with Crippen LogP contribution in [0.25, 0.3) is 11.5 Å². The van der Waals surface area contributed by atoms with E-state index in [0.29, 0.717) is 27.6 Å². The van der Waals surface area contributed by atoms with Crippen molar-refractivity contribution >= 4 is 23.2 Å². The molecule has 94 valence electrons. The third-order valence-electron chi connectivity index (χ3n) is 2.34. The molecule has 0 radical (unpaired) electrons. The van der Waals surface area contributed by atoms with Crippen LogP contribution in [0.15, 0.2) is 24.4 Å². The van der Waals surface area contributed by atoms with Crippen LogP contribution in [0, 0.1) is 5.92 Å². The summed E-state index contributed by atoms with van der Waals surface area (Å²) in [7, 11) is 0. The molecule has 0 aromatic carbocycles. The van der Waals surface area contributed by atoms with Crippen molar-refractivity contribution in [3.8, 4) is 11.5 Å². The highest BCUT2D eigenvalue weighted by Gasteiger charge is 2.11. The summed E-state index contributed by atoms with van der Waals surface area (Å²) in [6, 6.07) is 5.31. The van der Waals surface area contributed by atoms with Gasteiger partial charge < -0.3 is 0 Å². The first-order chi connectivity index (χ1) is 8.56. The van der Waals surface area contributed by atoms with Gasteiger partial charge in [-0.15, -0.1) is 0 Å². The van der Waals surface area contributed by atoms with E-state index in [9.17, 15) is 0 Å². The summed E-state index contributed by atoms with van der Waals surface area (Å²) in [6.45, 7) is 4.26. The lowest BCUT2D eigenvalue weighted by Crippen LogP contribution is -2.01. The Labute approximate surface area is 116 Å². The standard InChI is InChI=1S/C13H13Cl2N3/c1-8(2)6-9-7-11(15)18-13(17-9)12-10(14)4-3-5-16-12/h3-5,7-8H,6H2,1-2H3. The minimum atomic E-state index is 0.414. The maximum atomic E-state index is 6.08. The van der Waals surface area contributed by atoms with Gasteiger partial charge in [0, 0.05) is 11.9 Å². The number of nitrogens with zero attached hydrogens (tertiary/aromatic N) is 3. The van der Waals surface area contributed by atoms with Crippen LogP contribution >= 0.6 is 23.2 Å². The Kier molecular flexibility index (Phi) is 4.15. The monoisotopic (exact) mass is 281 g/mol. The van der Waals surface area contributed by atoms with Gasteiger partial charge >= 0.3 is 0 Å². The third kappa shape index (κ3) is 3.18. The van der Waals surface area contributed by atoms with Crippen molar-refractivity contribution in [3.05, 3.63) is 40.3 Å². The molecule has 0 unspecified atom stereocenters. The summed E-state index contributed by atoms with van der Waals surface area (Å²) < 4.78 is 0. The highest BCUT2D eigenvalue weighted by molar-refractivity contribution is 6.33. The van der Waals surface area contributed by atoms with Crippen molar-refractivity contribution in [3.63, 3.8) is 0 Å². The number of hydrogen-bond acceptors (Lipinski definition) is 3. The second-order valence-corrected chi connectivity index (χ2v) is 5.23. The summed E-state index contributed by atoms with van der Waals surface area (Å²) in [5, 5.41) is 0.938. The molecule has 3 nitrogen and oxygen atoms in total. The quantitative estimate of drug-likeness (QED) is 0.797. The summed E-state index contributed by atoms with van der Waals surface area (Å²) in [5.41, 5.74) is 1.47. The Morgan fingerprint density at radius 1 is 1.22 bits per heavy atom. The van der Waals surface area contributed by atoms with E-state index in [1.54, 1.807) is 24.4 Å². The van der Waals surface area contributed by atoms with Gasteiger partial charge in [-0.3, -0.25) is 4.98 Å². The zero-order valence-electron chi connectivity index (χ0n) is 10.2. The SMILES string of the molecule is CC(C)Cc1cc(Cl)nc(-c2ncccc2Cl)n1. The molecule has 2 rings (SSSR count). The second-order valence-electron chi connectivity index (χ2n) is 4.44. The lowest BCUT2D eigenvalue weighted by molar-refractivity contribution is 0.634. The first-order valence-electron chi connectivity index (χ1n) is 5.70. The molecule has 0 aliphatic rings. The normalized spacial score (nSPS) is 10.9. The molecule has 0 saturated heterocycles. The van der Waals surface area contributed by atoms with Crippen LogP contribution in [0.4, 0.5) is 0 Å². The summed E-state index contributed by atoms with van der Waals surface area (Å²) in [4.78, 5) is 12.8. The number of rotatable bonds is 3. The molecule has 0 fully saturated rings. The molecule has 0 spiro atoms. The van der Waals surface area contributed by atoms with E-state index in [1.807, 2.05) is 0 Å². The van der Waals surface area contributed by atoms with Crippen molar-refractivity contribution in [1.82, 2.24) is 15.0 Å². The maximum absolute atomic E-state index is 6.08. The van der Waals surface area contributed by atoms with Gasteiger partial charge in [0.2, 0.25) is 0 Å². The van der Waals surface area contributed by atoms with Gasteiger partial charge in [-0.1, -0.05) is 37.0 Å². The third-order valence-corrected chi connectivity index (χ3v) is 2.83. The molecular weight excluding hydrogens is 269 g/mol. The molecule has 5 heteroatoms. The molecule has 0 aliphatic heterocycles. The molecule has 0 N–H and O–H groups in total. The Morgan fingerprint density at radius 2 is 2.00 bits per heavy atom. The number of halogens is 2. The van der Waals surface area contributed by atoms with Crippen molar-refractivity contribution in [2.75, 3.05) is 0 Å². The highest BCUT2D eigenvalue weighted by atomic mass is 35.5. The fraction of sp³-hybridized carbons (Fsp3) is 0.308. The van der Waals surface area contributed by atoms with E-state index < -0.39 is 0 Å². The number of aromatic nitrogens is 3. The van der Waals surface area contributed by atoms with Crippen molar-refractivity contribution in [1.29, 1.82) is 0 Å². The van der Waals surface area contributed by atoms with Crippen molar-refractivity contribution in [2.45, 2.75) is 20.3 Å². The predicted octanol–water partition coefficient (Wildman–Crippen LogP) is 4.04. The summed E-state index contributed by atoms with van der Waals surface area (Å²) >= 11 is 12.1. The van der Waals surface area contributed by atoms with Gasteiger partial charge in [-0.25, -0.2) is 9.97 Å². The zero-order chi connectivity index (χ0) is 13.1. The Balaban J connectivity index is 2.45. The Bertz CT molecular complexity index is 556. The van der Waals surface area contributed by atoms with Crippen LogP contribution < -0.4 is 0 Å². The van der Waals surface area contributed by atoms with Crippen LogP contribution in [0.2, 0.25) is 10.2 Å². The van der Waals surface area contributed by atoms with E-state index in [0.717, 1.165) is 12.1 Å². The molecule has 2 aromatic rings. The van der Waals surface area contributed by atoms with E-state index >= 15 is 0 Å². The van der Waals surface area contributed by atoms with Crippen LogP contribution in [0.5, 0.6) is 0 Å². The predicted molar refractivity (Wildman–Crippen MR) is 73.8 cm³/mol. The first-order valence-corrected chi connectivity index (χ1v) is 6.46. The van der Waals surface area contributed by atoms with Crippen LogP contribution in [0.1, 0.15) is 19.5 Å². The Hall–Kier alpha value is -1.19. The number of pyridine rings is 1. The van der Waals surface area contributed by atoms with E-state index in [2.05, 4.69) is 28.8 Å². The van der Waals surface area contributed by atoms with Gasteiger partial charge in [0.1, 0.15) is 10.8 Å². The van der Waals surface area contributed by atoms with Gasteiger partial charge in [0.05, 0.1) is 5.02 Å². The molecule has 0 amide bonds. The largest absolute Gasteiger partial charge is 0.251 e. The fourth-order valence-electron chi connectivity index (χ4n) is 1.64. The Morgan fingerprint density at radius 3 is 2.67 bits per heavy atom. The lowest BCUT2D eigenvalue weighted by atomic mass is 10.1. The van der Waals surface area contributed by atoms with E-state index in [1.165, 1.54) is 0 Å². The first kappa shape index (κ1) is 13.2. The van der Waals surface area contributed by atoms with Gasteiger partial charge in [-0.05, 0) is 30.5 Å². The highest BCUT2D eigenvalue weighted by Crippen LogP contribution is 2.24. The molecular formula is C13H13Cl2N3. The fourth-order valence-corrected chi connectivity index (χ4v) is 2.06. The number of hydrogen-bond donors (Lipinski definition) is 0. The second kappa shape index (κ2) is 5.63. The van der Waals surface area contributed by atoms with Crippen LogP contribution in [-0.2, 0) is 6.42 Å². The van der Waals surface area contributed by atoms with E-state index in [-0.39, 0.29) is 0 Å². The average Bonchev–Trinajstić information content (AvgIpc) is 2.27. The zero-order valence-corrected chi connectivity index (χ0v) is 11.7. The molecule has 0 bridgehead atoms. The summed E-state index contributed by atoms with van der Waals surface area (Å²) in [5.74, 6) is 0.978. The molecule has 2 aromatic heterocycles. The van der Waals surface area contributed by atoms with E-state index in [4.69, 9.17) is 23.2 Å². The van der Waals surface area contributed by atoms with Crippen molar-refractivity contribution < 1.29 is 0 Å². The molecule has 0 atom stereocenters. The minimum Gasteiger partial charge on any atom is -0.251 e. The maximum Gasteiger partial charge on any atom is 0.181 e. The van der Waals surface area contributed by atoms with Gasteiger partial charge in [0.15, 0.2) is 5.82 Å². The summed E-state index contributed by atoms with van der Waals surface area (Å²) in [6.07, 6.45) is 2.51. The topological polar surface area (TPSA) is 38.7 Å². The average molecular weight is 282 g/mol. The molecule has 18 heavy (non-hydrogen) atoms. The molecule has 0 saturated carbocycles. The molecule has 0 aliphatic carbocycles. The van der Waals surface area contributed by atoms with Crippen LogP contribution in [0.3, 0.4) is 0 Å².